The lowest BCUT2D eigenvalue weighted by molar-refractivity contribution is -0.114. The Morgan fingerprint density at radius 2 is 1.57 bits per heavy atom. The van der Waals surface area contributed by atoms with Crippen molar-refractivity contribution >= 4 is 23.0 Å². The van der Waals surface area contributed by atoms with Crippen LogP contribution < -0.4 is 10.9 Å². The molecular formula is C25H27N7O5. The van der Waals surface area contributed by atoms with E-state index >= 15 is 0 Å². The van der Waals surface area contributed by atoms with Gasteiger partial charge in [-0.15, -0.1) is 0 Å². The van der Waals surface area contributed by atoms with Crippen molar-refractivity contribution in [2.24, 2.45) is 0 Å². The number of ether oxygens (including phenoxy) is 3. The minimum Gasteiger partial charge on any atom is -0.374 e. The molecule has 192 valence electrons. The molecule has 0 bridgehead atoms. The van der Waals surface area contributed by atoms with Crippen LogP contribution in [0.3, 0.4) is 0 Å². The third-order valence-electron chi connectivity index (χ3n) is 5.05. The molecule has 12 nitrogen and oxygen atoms in total. The van der Waals surface area contributed by atoms with E-state index in [1.807, 2.05) is 60.7 Å². The van der Waals surface area contributed by atoms with Gasteiger partial charge in [0.05, 0.1) is 32.8 Å². The zero-order chi connectivity index (χ0) is 26.5. The largest absolute Gasteiger partial charge is 0.374 e. The molecule has 2 N–H and O–H groups in total. The van der Waals surface area contributed by atoms with Crippen molar-refractivity contribution in [1.29, 1.82) is 10.8 Å². The molecule has 0 fully saturated rings. The molecule has 12 heteroatoms. The first-order valence-electron chi connectivity index (χ1n) is 11.4. The van der Waals surface area contributed by atoms with E-state index in [0.29, 0.717) is 32.1 Å². The number of aromatic nitrogens is 4. The molecule has 0 aliphatic carbocycles. The molecule has 2 aromatic heterocycles. The number of hydrogen-bond acceptors (Lipinski definition) is 9. The highest BCUT2D eigenvalue weighted by Crippen LogP contribution is 2.11. The van der Waals surface area contributed by atoms with Crippen LogP contribution in [0.2, 0.25) is 0 Å². The number of anilines is 1. The number of carbonyl (C=O) groups excluding carboxylic acids is 1. The van der Waals surface area contributed by atoms with Crippen LogP contribution in [0.5, 0.6) is 0 Å². The Hall–Kier alpha value is -4.44. The van der Waals surface area contributed by atoms with Crippen LogP contribution in [-0.4, -0.2) is 44.7 Å². The fourth-order valence-electron chi connectivity index (χ4n) is 3.37. The summed E-state index contributed by atoms with van der Waals surface area (Å²) in [5.41, 5.74) is 2.12. The van der Waals surface area contributed by atoms with Crippen LogP contribution in [0.15, 0.2) is 71.8 Å². The van der Waals surface area contributed by atoms with Crippen LogP contribution in [0, 0.1) is 10.8 Å². The topological polar surface area (TPSA) is 168 Å². The standard InChI is InChI=1S/C25H27N5O5.N2/c1-18(31)27-25-28-23-22(24(32)29-25)26-16-30(23)17-35-21(14-33-12-19-8-4-2-5-9-19)15-34-13-20-10-6-3-7-11-20;1-2/h2-11,16,21H,12-15,17H2,1H3,(H2,27,28,29,31,32);. The van der Waals surface area contributed by atoms with E-state index in [2.05, 4.69) is 20.3 Å². The van der Waals surface area contributed by atoms with Gasteiger partial charge in [0, 0.05) is 17.7 Å². The number of amides is 1. The average molecular weight is 506 g/mol. The summed E-state index contributed by atoms with van der Waals surface area (Å²) in [6.07, 6.45) is 1.09. The van der Waals surface area contributed by atoms with Crippen LogP contribution in [0.25, 0.3) is 11.2 Å². The lowest BCUT2D eigenvalue weighted by Crippen LogP contribution is -2.27. The number of rotatable bonds is 12. The number of H-pyrrole nitrogens is 1. The molecule has 0 saturated heterocycles. The molecule has 2 heterocycles. The molecule has 4 aromatic rings. The highest BCUT2D eigenvalue weighted by Gasteiger charge is 2.15. The second kappa shape index (κ2) is 14.2. The summed E-state index contributed by atoms with van der Waals surface area (Å²) in [7, 11) is 0. The van der Waals surface area contributed by atoms with E-state index in [0.717, 1.165) is 11.1 Å². The minimum absolute atomic E-state index is 0.0469. The maximum atomic E-state index is 12.3. The number of benzene rings is 2. The van der Waals surface area contributed by atoms with Crippen molar-refractivity contribution in [3.63, 3.8) is 0 Å². The summed E-state index contributed by atoms with van der Waals surface area (Å²) in [5, 5.41) is 14.5. The third-order valence-corrected chi connectivity index (χ3v) is 5.05. The molecule has 0 radical (unpaired) electrons. The third kappa shape index (κ3) is 8.32. The fourth-order valence-corrected chi connectivity index (χ4v) is 3.37. The van der Waals surface area contributed by atoms with Crippen molar-refractivity contribution in [2.75, 3.05) is 18.5 Å². The SMILES string of the molecule is CC(=O)Nc1nc2c(ncn2COC(COCc2ccccc2)COCc2ccccc2)c(=O)[nH]1.N#N. The van der Waals surface area contributed by atoms with E-state index in [-0.39, 0.29) is 30.2 Å². The van der Waals surface area contributed by atoms with Gasteiger partial charge in [-0.25, -0.2) is 4.98 Å². The van der Waals surface area contributed by atoms with Crippen LogP contribution in [0.1, 0.15) is 18.1 Å². The molecule has 0 atom stereocenters. The zero-order valence-corrected chi connectivity index (χ0v) is 20.2. The van der Waals surface area contributed by atoms with Crippen molar-refractivity contribution in [2.45, 2.75) is 33.0 Å². The normalized spacial score (nSPS) is 10.7. The average Bonchev–Trinajstić information content (AvgIpc) is 3.32. The number of fused-ring (bicyclic) bond motifs is 1. The minimum atomic E-state index is -0.452. The van der Waals surface area contributed by atoms with Gasteiger partial charge < -0.3 is 14.2 Å². The number of aromatic amines is 1. The summed E-state index contributed by atoms with van der Waals surface area (Å²) in [4.78, 5) is 34.5. The Labute approximate surface area is 212 Å². The van der Waals surface area contributed by atoms with Crippen molar-refractivity contribution < 1.29 is 19.0 Å². The van der Waals surface area contributed by atoms with E-state index in [1.165, 1.54) is 13.3 Å². The van der Waals surface area contributed by atoms with Gasteiger partial charge in [0.2, 0.25) is 11.9 Å². The quantitative estimate of drug-likeness (QED) is 0.275. The monoisotopic (exact) mass is 505 g/mol. The molecule has 2 aromatic carbocycles. The Bertz CT molecular complexity index is 1290. The van der Waals surface area contributed by atoms with Gasteiger partial charge in [-0.1, -0.05) is 60.7 Å². The van der Waals surface area contributed by atoms with E-state index in [9.17, 15) is 9.59 Å². The van der Waals surface area contributed by atoms with Crippen LogP contribution in [0.4, 0.5) is 5.95 Å². The van der Waals surface area contributed by atoms with Gasteiger partial charge in [0.15, 0.2) is 11.2 Å². The Balaban J connectivity index is 0.00000186. The Morgan fingerprint density at radius 3 is 2.11 bits per heavy atom. The molecular weight excluding hydrogens is 478 g/mol. The van der Waals surface area contributed by atoms with Gasteiger partial charge in [0.1, 0.15) is 12.8 Å². The molecule has 0 saturated carbocycles. The summed E-state index contributed by atoms with van der Waals surface area (Å²) in [5.74, 6) is -0.299. The molecule has 0 unspecified atom stereocenters. The lowest BCUT2D eigenvalue weighted by atomic mass is 10.2. The van der Waals surface area contributed by atoms with Crippen LogP contribution >= 0.6 is 0 Å². The zero-order valence-electron chi connectivity index (χ0n) is 20.2. The number of hydrogen-bond donors (Lipinski definition) is 2. The van der Waals surface area contributed by atoms with Gasteiger partial charge in [-0.3, -0.25) is 24.5 Å². The predicted molar refractivity (Wildman–Crippen MR) is 133 cm³/mol. The summed E-state index contributed by atoms with van der Waals surface area (Å²) < 4.78 is 19.4. The van der Waals surface area contributed by atoms with Crippen molar-refractivity contribution in [3.8, 4) is 0 Å². The smallest absolute Gasteiger partial charge is 0.280 e. The summed E-state index contributed by atoms with van der Waals surface area (Å²) in [6, 6.07) is 19.7. The highest BCUT2D eigenvalue weighted by molar-refractivity contribution is 5.87. The highest BCUT2D eigenvalue weighted by atomic mass is 16.6. The maximum Gasteiger partial charge on any atom is 0.280 e. The fraction of sp³-hybridized carbons (Fsp3) is 0.280. The summed E-state index contributed by atoms with van der Waals surface area (Å²) in [6.45, 7) is 2.92. The molecule has 37 heavy (non-hydrogen) atoms. The molecule has 4 rings (SSSR count). The summed E-state index contributed by atoms with van der Waals surface area (Å²) >= 11 is 0. The van der Waals surface area contributed by atoms with Gasteiger partial charge >= 0.3 is 0 Å². The number of imidazole rings is 1. The molecule has 0 aliphatic rings. The Kier molecular flexibility index (Phi) is 10.4. The number of carbonyl (C=O) groups is 1. The first-order chi connectivity index (χ1) is 18.1. The predicted octanol–water partition coefficient (Wildman–Crippen LogP) is 2.88. The van der Waals surface area contributed by atoms with E-state index in [4.69, 9.17) is 25.0 Å². The van der Waals surface area contributed by atoms with Crippen molar-refractivity contribution in [3.05, 3.63) is 88.5 Å². The van der Waals surface area contributed by atoms with Crippen molar-refractivity contribution in [1.82, 2.24) is 19.5 Å². The Morgan fingerprint density at radius 1 is 1.00 bits per heavy atom. The van der Waals surface area contributed by atoms with Gasteiger partial charge in [-0.2, -0.15) is 4.98 Å². The molecule has 1 amide bonds. The number of nitrogens with one attached hydrogen (secondary N) is 2. The second-order valence-corrected chi connectivity index (χ2v) is 7.90. The second-order valence-electron chi connectivity index (χ2n) is 7.90. The first-order valence-corrected chi connectivity index (χ1v) is 11.4. The van der Waals surface area contributed by atoms with Crippen LogP contribution in [-0.2, 0) is 38.9 Å². The lowest BCUT2D eigenvalue weighted by Gasteiger charge is -2.19. The number of nitrogens with zero attached hydrogens (tertiary/aromatic N) is 5. The maximum absolute atomic E-state index is 12.3. The van der Waals surface area contributed by atoms with E-state index in [1.54, 1.807) is 4.57 Å². The van der Waals surface area contributed by atoms with E-state index < -0.39 is 5.56 Å². The van der Waals surface area contributed by atoms with Gasteiger partial charge in [0.25, 0.3) is 5.56 Å². The first kappa shape index (κ1) is 27.2. The van der Waals surface area contributed by atoms with Gasteiger partial charge in [-0.05, 0) is 11.1 Å². The molecule has 0 spiro atoms. The molecule has 0 aliphatic heterocycles.